The first-order valence-electron chi connectivity index (χ1n) is 9.14. The van der Waals surface area contributed by atoms with Crippen LogP contribution in [0.4, 0.5) is 17.1 Å². The van der Waals surface area contributed by atoms with Crippen LogP contribution >= 0.6 is 0 Å². The third-order valence-electron chi connectivity index (χ3n) is 4.95. The molecule has 6 nitrogen and oxygen atoms in total. The second kappa shape index (κ2) is 6.87. The van der Waals surface area contributed by atoms with Crippen LogP contribution in [0, 0.1) is 5.92 Å². The first-order chi connectivity index (χ1) is 13.0. The molecule has 1 heterocycles. The van der Waals surface area contributed by atoms with E-state index >= 15 is 0 Å². The molecule has 1 aliphatic carbocycles. The number of amides is 3. The molecule has 3 amide bonds. The third kappa shape index (κ3) is 3.69. The molecule has 2 aliphatic rings. The second-order valence-corrected chi connectivity index (χ2v) is 7.06. The molecular weight excluding hydrogens is 342 g/mol. The minimum Gasteiger partial charge on any atom is -0.326 e. The zero-order valence-corrected chi connectivity index (χ0v) is 15.1. The average molecular weight is 363 g/mol. The molecule has 0 saturated heterocycles. The van der Waals surface area contributed by atoms with Crippen molar-refractivity contribution in [2.75, 3.05) is 22.1 Å². The van der Waals surface area contributed by atoms with E-state index in [1.54, 1.807) is 36.1 Å². The number of nitrogens with zero attached hydrogens (tertiary/aromatic N) is 1. The molecule has 2 aromatic rings. The minimum absolute atomic E-state index is 0.0102. The molecule has 2 N–H and O–H groups in total. The van der Waals surface area contributed by atoms with Gasteiger partial charge in [0.1, 0.15) is 0 Å². The fraction of sp³-hybridized carbons (Fsp3) is 0.286. The second-order valence-electron chi connectivity index (χ2n) is 7.06. The summed E-state index contributed by atoms with van der Waals surface area (Å²) in [5, 5.41) is 5.75. The summed E-state index contributed by atoms with van der Waals surface area (Å²) in [5.41, 5.74) is 3.73. The van der Waals surface area contributed by atoms with E-state index in [0.29, 0.717) is 23.5 Å². The Hall–Kier alpha value is -3.15. The lowest BCUT2D eigenvalue weighted by Gasteiger charge is -2.15. The number of anilines is 3. The lowest BCUT2D eigenvalue weighted by atomic mass is 10.1. The number of rotatable bonds is 4. The van der Waals surface area contributed by atoms with Gasteiger partial charge in [0.15, 0.2) is 0 Å². The zero-order chi connectivity index (χ0) is 19.0. The fourth-order valence-corrected chi connectivity index (χ4v) is 3.34. The van der Waals surface area contributed by atoms with Crippen molar-refractivity contribution in [2.45, 2.75) is 26.2 Å². The van der Waals surface area contributed by atoms with Gasteiger partial charge in [-0.15, -0.1) is 0 Å². The SMILES string of the molecule is CC(=O)N1CCc2cc(C(=O)Nc3cccc(NC(=O)C4CC4)c3)ccc21. The molecule has 1 aliphatic heterocycles. The Morgan fingerprint density at radius 1 is 1.00 bits per heavy atom. The Morgan fingerprint density at radius 2 is 1.74 bits per heavy atom. The van der Waals surface area contributed by atoms with Gasteiger partial charge >= 0.3 is 0 Å². The van der Waals surface area contributed by atoms with Gasteiger partial charge in [-0.25, -0.2) is 0 Å². The molecule has 4 rings (SSSR count). The van der Waals surface area contributed by atoms with Gasteiger partial charge in [-0.3, -0.25) is 14.4 Å². The lowest BCUT2D eigenvalue weighted by Crippen LogP contribution is -2.25. The number of hydrogen-bond donors (Lipinski definition) is 2. The predicted molar refractivity (Wildman–Crippen MR) is 104 cm³/mol. The van der Waals surface area contributed by atoms with Gasteiger partial charge in [0, 0.05) is 42.0 Å². The Bertz CT molecular complexity index is 934. The molecule has 138 valence electrons. The highest BCUT2D eigenvalue weighted by Gasteiger charge is 2.29. The van der Waals surface area contributed by atoms with Crippen LogP contribution in [0.5, 0.6) is 0 Å². The number of fused-ring (bicyclic) bond motifs is 1. The summed E-state index contributed by atoms with van der Waals surface area (Å²) < 4.78 is 0. The maximum atomic E-state index is 12.6. The molecule has 0 bridgehead atoms. The van der Waals surface area contributed by atoms with Crippen molar-refractivity contribution in [3.63, 3.8) is 0 Å². The van der Waals surface area contributed by atoms with Crippen LogP contribution in [0.25, 0.3) is 0 Å². The highest BCUT2D eigenvalue weighted by molar-refractivity contribution is 6.05. The van der Waals surface area contributed by atoms with Crippen LogP contribution in [-0.4, -0.2) is 24.3 Å². The van der Waals surface area contributed by atoms with Crippen molar-refractivity contribution >= 4 is 34.8 Å². The summed E-state index contributed by atoms with van der Waals surface area (Å²) in [4.78, 5) is 37.9. The topological polar surface area (TPSA) is 78.5 Å². The monoisotopic (exact) mass is 363 g/mol. The smallest absolute Gasteiger partial charge is 0.255 e. The van der Waals surface area contributed by atoms with E-state index in [1.165, 1.54) is 0 Å². The normalized spacial score (nSPS) is 15.2. The van der Waals surface area contributed by atoms with Crippen LogP contribution in [0.1, 0.15) is 35.7 Å². The summed E-state index contributed by atoms with van der Waals surface area (Å²) in [5.74, 6) is -0.0443. The van der Waals surface area contributed by atoms with Gasteiger partial charge in [0.05, 0.1) is 0 Å². The number of nitrogens with one attached hydrogen (secondary N) is 2. The van der Waals surface area contributed by atoms with Gasteiger partial charge in [-0.1, -0.05) is 6.07 Å². The van der Waals surface area contributed by atoms with Crippen molar-refractivity contribution in [1.29, 1.82) is 0 Å². The third-order valence-corrected chi connectivity index (χ3v) is 4.95. The molecule has 6 heteroatoms. The molecule has 0 unspecified atom stereocenters. The summed E-state index contributed by atoms with van der Waals surface area (Å²) in [6.07, 6.45) is 2.64. The van der Waals surface area contributed by atoms with Crippen molar-refractivity contribution in [3.8, 4) is 0 Å². The molecular formula is C21H21N3O3. The Kier molecular flexibility index (Phi) is 4.39. The molecule has 1 fully saturated rings. The van der Waals surface area contributed by atoms with E-state index < -0.39 is 0 Å². The molecule has 27 heavy (non-hydrogen) atoms. The van der Waals surface area contributed by atoms with E-state index in [0.717, 1.165) is 30.5 Å². The maximum Gasteiger partial charge on any atom is 0.255 e. The van der Waals surface area contributed by atoms with E-state index in [2.05, 4.69) is 10.6 Å². The summed E-state index contributed by atoms with van der Waals surface area (Å²) >= 11 is 0. The van der Waals surface area contributed by atoms with Gasteiger partial charge < -0.3 is 15.5 Å². The van der Waals surface area contributed by atoms with E-state index in [9.17, 15) is 14.4 Å². The zero-order valence-electron chi connectivity index (χ0n) is 15.1. The Morgan fingerprint density at radius 3 is 2.44 bits per heavy atom. The lowest BCUT2D eigenvalue weighted by molar-refractivity contribution is -0.117. The number of carbonyl (C=O) groups excluding carboxylic acids is 3. The summed E-state index contributed by atoms with van der Waals surface area (Å²) in [7, 11) is 0. The van der Waals surface area contributed by atoms with Gasteiger partial charge in [-0.2, -0.15) is 0 Å². The van der Waals surface area contributed by atoms with Gasteiger partial charge in [0.2, 0.25) is 11.8 Å². The average Bonchev–Trinajstić information content (AvgIpc) is 3.40. The van der Waals surface area contributed by atoms with Gasteiger partial charge in [-0.05, 0) is 61.2 Å². The molecule has 1 saturated carbocycles. The standard InChI is InChI=1S/C21H21N3O3/c1-13(25)24-10-9-15-11-16(7-8-19(15)24)21(27)23-18-4-2-3-17(12-18)22-20(26)14-5-6-14/h2-4,7-8,11-12,14H,5-6,9-10H2,1H3,(H,22,26)(H,23,27). The maximum absolute atomic E-state index is 12.6. The minimum atomic E-state index is -0.218. The quantitative estimate of drug-likeness (QED) is 0.876. The van der Waals surface area contributed by atoms with E-state index in [-0.39, 0.29) is 23.6 Å². The fourth-order valence-electron chi connectivity index (χ4n) is 3.34. The largest absolute Gasteiger partial charge is 0.326 e. The molecule has 0 aromatic heterocycles. The Labute approximate surface area is 157 Å². The summed E-state index contributed by atoms with van der Waals surface area (Å²) in [6.45, 7) is 2.20. The van der Waals surface area contributed by atoms with Crippen molar-refractivity contribution in [2.24, 2.45) is 5.92 Å². The van der Waals surface area contributed by atoms with Crippen molar-refractivity contribution in [3.05, 3.63) is 53.6 Å². The van der Waals surface area contributed by atoms with Gasteiger partial charge in [0.25, 0.3) is 5.91 Å². The van der Waals surface area contributed by atoms with Crippen LogP contribution < -0.4 is 15.5 Å². The van der Waals surface area contributed by atoms with Crippen LogP contribution in [0.2, 0.25) is 0 Å². The van der Waals surface area contributed by atoms with Crippen molar-refractivity contribution < 1.29 is 14.4 Å². The molecule has 0 spiro atoms. The number of benzene rings is 2. The first-order valence-corrected chi connectivity index (χ1v) is 9.14. The molecule has 0 radical (unpaired) electrons. The van der Waals surface area contributed by atoms with Crippen LogP contribution in [-0.2, 0) is 16.0 Å². The van der Waals surface area contributed by atoms with E-state index in [1.807, 2.05) is 18.2 Å². The molecule has 0 atom stereocenters. The molecule has 2 aromatic carbocycles. The van der Waals surface area contributed by atoms with Crippen molar-refractivity contribution in [1.82, 2.24) is 0 Å². The first kappa shape index (κ1) is 17.3. The number of carbonyl (C=O) groups is 3. The number of hydrogen-bond acceptors (Lipinski definition) is 3. The summed E-state index contributed by atoms with van der Waals surface area (Å²) in [6, 6.07) is 12.5. The van der Waals surface area contributed by atoms with Crippen LogP contribution in [0.15, 0.2) is 42.5 Å². The van der Waals surface area contributed by atoms with E-state index in [4.69, 9.17) is 0 Å². The highest BCUT2D eigenvalue weighted by atomic mass is 16.2. The Balaban J connectivity index is 1.46. The predicted octanol–water partition coefficient (Wildman–Crippen LogP) is 3.20. The van der Waals surface area contributed by atoms with Crippen LogP contribution in [0.3, 0.4) is 0 Å². The highest BCUT2D eigenvalue weighted by Crippen LogP contribution is 2.31.